The molecule has 0 amide bonds. The third kappa shape index (κ3) is 3.81. The van der Waals surface area contributed by atoms with E-state index in [0.29, 0.717) is 11.2 Å². The molecule has 4 heterocycles. The van der Waals surface area contributed by atoms with Gasteiger partial charge in [-0.15, -0.1) is 0 Å². The summed E-state index contributed by atoms with van der Waals surface area (Å²) in [4.78, 5) is 34.9. The van der Waals surface area contributed by atoms with Crippen LogP contribution in [0.3, 0.4) is 0 Å². The molecule has 5 rings (SSSR count). The molecule has 0 N–H and O–H groups in total. The molecule has 0 atom stereocenters. The van der Waals surface area contributed by atoms with Crippen LogP contribution in [0.2, 0.25) is 0 Å². The second-order valence-corrected chi connectivity index (χ2v) is 9.33. The fourth-order valence-corrected chi connectivity index (χ4v) is 5.13. The summed E-state index contributed by atoms with van der Waals surface area (Å²) in [5, 5.41) is 0. The fraction of sp³-hybridized carbons (Fsp3) is 0.480. The zero-order valence-corrected chi connectivity index (χ0v) is 21.1. The maximum Gasteiger partial charge on any atom is 0.332 e. The molecular weight excluding hydrogens is 446 g/mol. The molecule has 1 aliphatic rings. The molecule has 1 saturated heterocycles. The van der Waals surface area contributed by atoms with Gasteiger partial charge < -0.3 is 14.2 Å². The first-order chi connectivity index (χ1) is 16.8. The maximum absolute atomic E-state index is 12.9. The van der Waals surface area contributed by atoms with Crippen LogP contribution in [-0.2, 0) is 20.6 Å². The van der Waals surface area contributed by atoms with E-state index in [-0.39, 0.29) is 11.2 Å². The van der Waals surface area contributed by atoms with Gasteiger partial charge in [-0.3, -0.25) is 23.2 Å². The van der Waals surface area contributed by atoms with Crippen molar-refractivity contribution in [3.05, 3.63) is 56.5 Å². The van der Waals surface area contributed by atoms with Crippen molar-refractivity contribution in [1.82, 2.24) is 28.0 Å². The molecule has 4 aromatic rings. The van der Waals surface area contributed by atoms with Crippen LogP contribution in [0.1, 0.15) is 17.8 Å². The Balaban J connectivity index is 1.29. The van der Waals surface area contributed by atoms with E-state index in [1.165, 1.54) is 17.3 Å². The van der Waals surface area contributed by atoms with Gasteiger partial charge in [0.2, 0.25) is 5.78 Å². The number of hydrogen-bond acceptors (Lipinski definition) is 6. The molecule has 0 radical (unpaired) electrons. The Morgan fingerprint density at radius 2 is 1.60 bits per heavy atom. The molecule has 10 heteroatoms. The summed E-state index contributed by atoms with van der Waals surface area (Å²) >= 11 is 0. The molecule has 1 fully saturated rings. The minimum absolute atomic E-state index is 0.314. The highest BCUT2D eigenvalue weighted by atomic mass is 16.5. The average Bonchev–Trinajstić information content (AvgIpc) is 3.38. The van der Waals surface area contributed by atoms with Crippen molar-refractivity contribution < 1.29 is 4.74 Å². The highest BCUT2D eigenvalue weighted by Gasteiger charge is 2.22. The van der Waals surface area contributed by atoms with E-state index in [2.05, 4.69) is 33.4 Å². The number of imidazole rings is 2. The predicted octanol–water partition coefficient (Wildman–Crippen LogP) is 1.52. The van der Waals surface area contributed by atoms with Crippen molar-refractivity contribution in [2.45, 2.75) is 26.8 Å². The van der Waals surface area contributed by atoms with E-state index in [0.717, 1.165) is 73.2 Å². The van der Waals surface area contributed by atoms with Gasteiger partial charge >= 0.3 is 5.69 Å². The van der Waals surface area contributed by atoms with E-state index >= 15 is 0 Å². The van der Waals surface area contributed by atoms with Crippen molar-refractivity contribution in [2.24, 2.45) is 14.1 Å². The summed E-state index contributed by atoms with van der Waals surface area (Å²) in [6.45, 7) is 9.92. The van der Waals surface area contributed by atoms with Crippen LogP contribution in [0, 0.1) is 13.8 Å². The van der Waals surface area contributed by atoms with Gasteiger partial charge in [-0.2, -0.15) is 4.98 Å². The molecule has 1 aliphatic heterocycles. The van der Waals surface area contributed by atoms with Crippen molar-refractivity contribution in [3.8, 4) is 5.75 Å². The van der Waals surface area contributed by atoms with Crippen LogP contribution in [0.4, 0.5) is 5.69 Å². The second kappa shape index (κ2) is 8.92. The first-order valence-corrected chi connectivity index (χ1v) is 12.1. The highest BCUT2D eigenvalue weighted by Crippen LogP contribution is 2.22. The topological polar surface area (TPSA) is 81.9 Å². The Morgan fingerprint density at radius 3 is 2.26 bits per heavy atom. The number of piperazine rings is 1. The minimum Gasteiger partial charge on any atom is -0.497 e. The van der Waals surface area contributed by atoms with Gasteiger partial charge in [0.15, 0.2) is 11.2 Å². The summed E-state index contributed by atoms with van der Waals surface area (Å²) in [6, 6.07) is 8.26. The largest absolute Gasteiger partial charge is 0.497 e. The summed E-state index contributed by atoms with van der Waals surface area (Å²) in [6.07, 6.45) is 0.979. The number of ether oxygens (including phenoxy) is 1. The van der Waals surface area contributed by atoms with E-state index < -0.39 is 0 Å². The van der Waals surface area contributed by atoms with Gasteiger partial charge in [0.05, 0.1) is 7.11 Å². The summed E-state index contributed by atoms with van der Waals surface area (Å²) < 4.78 is 11.9. The summed E-state index contributed by atoms with van der Waals surface area (Å²) in [5.41, 5.74) is 3.51. The number of aromatic nitrogens is 5. The first-order valence-electron chi connectivity index (χ1n) is 12.1. The first kappa shape index (κ1) is 23.2. The molecule has 0 spiro atoms. The Bertz CT molecular complexity index is 1500. The van der Waals surface area contributed by atoms with Gasteiger partial charge in [0.25, 0.3) is 5.56 Å². The van der Waals surface area contributed by atoms with Crippen LogP contribution in [0.5, 0.6) is 5.75 Å². The van der Waals surface area contributed by atoms with Crippen LogP contribution < -0.4 is 20.9 Å². The number of anilines is 1. The Morgan fingerprint density at radius 1 is 0.914 bits per heavy atom. The Kier molecular flexibility index (Phi) is 5.92. The van der Waals surface area contributed by atoms with Crippen LogP contribution in [0.25, 0.3) is 16.9 Å². The van der Waals surface area contributed by atoms with Crippen molar-refractivity contribution >= 4 is 22.6 Å². The third-order valence-electron chi connectivity index (χ3n) is 7.41. The molecule has 3 aromatic heterocycles. The van der Waals surface area contributed by atoms with E-state index in [1.807, 2.05) is 23.5 Å². The molecule has 0 bridgehead atoms. The van der Waals surface area contributed by atoms with Crippen molar-refractivity contribution in [3.63, 3.8) is 0 Å². The summed E-state index contributed by atoms with van der Waals surface area (Å²) in [7, 11) is 4.86. The summed E-state index contributed by atoms with van der Waals surface area (Å²) in [5.74, 6) is 1.60. The van der Waals surface area contributed by atoms with Crippen LogP contribution in [0.15, 0.2) is 33.9 Å². The zero-order valence-electron chi connectivity index (χ0n) is 21.1. The minimum atomic E-state index is -0.363. The highest BCUT2D eigenvalue weighted by molar-refractivity contribution is 5.76. The quantitative estimate of drug-likeness (QED) is 0.417. The molecule has 0 unspecified atom stereocenters. The Labute approximate surface area is 203 Å². The normalized spacial score (nSPS) is 14.9. The molecule has 0 saturated carbocycles. The van der Waals surface area contributed by atoms with Gasteiger partial charge in [-0.1, -0.05) is 0 Å². The third-order valence-corrected chi connectivity index (χ3v) is 7.41. The van der Waals surface area contributed by atoms with Gasteiger partial charge in [0.1, 0.15) is 5.75 Å². The molecular formula is C25H33N7O3. The number of aryl methyl sites for hydroxylation is 3. The Hall–Kier alpha value is -3.53. The van der Waals surface area contributed by atoms with Crippen molar-refractivity contribution in [2.75, 3.05) is 44.7 Å². The average molecular weight is 480 g/mol. The van der Waals surface area contributed by atoms with E-state index in [9.17, 15) is 9.59 Å². The lowest BCUT2D eigenvalue weighted by Gasteiger charge is -2.36. The predicted molar refractivity (Wildman–Crippen MR) is 137 cm³/mol. The molecule has 10 nitrogen and oxygen atoms in total. The zero-order chi connectivity index (χ0) is 24.9. The number of rotatable bonds is 6. The molecule has 0 aliphatic carbocycles. The van der Waals surface area contributed by atoms with Gasteiger partial charge in [-0.05, 0) is 51.1 Å². The number of fused-ring (bicyclic) bond motifs is 3. The lowest BCUT2D eigenvalue weighted by Crippen LogP contribution is -2.46. The van der Waals surface area contributed by atoms with Crippen molar-refractivity contribution in [1.29, 1.82) is 0 Å². The number of benzene rings is 1. The standard InChI is InChI=1S/C25H33N7O3/c1-17-18(2)32-21-22(27(3)25(34)28(4)23(21)33)26-24(32)31(17)12-6-11-29-13-15-30(16-14-29)19-7-9-20(35-5)10-8-19/h7-10H,6,11-16H2,1-5H3. The maximum atomic E-state index is 12.9. The lowest BCUT2D eigenvalue weighted by atomic mass is 10.2. The smallest absolute Gasteiger partial charge is 0.332 e. The second-order valence-electron chi connectivity index (χ2n) is 9.33. The molecule has 35 heavy (non-hydrogen) atoms. The van der Waals surface area contributed by atoms with Gasteiger partial charge in [0, 0.05) is 63.9 Å². The fourth-order valence-electron chi connectivity index (χ4n) is 5.13. The monoisotopic (exact) mass is 479 g/mol. The van der Waals surface area contributed by atoms with Gasteiger partial charge in [-0.25, -0.2) is 4.79 Å². The molecule has 186 valence electrons. The SMILES string of the molecule is COc1ccc(N2CCN(CCCn3c(C)c(C)n4c5c(=O)n(C)c(=O)n(C)c5nc34)CC2)cc1. The number of hydrogen-bond donors (Lipinski definition) is 0. The lowest BCUT2D eigenvalue weighted by molar-refractivity contribution is 0.250. The van der Waals surface area contributed by atoms with E-state index in [1.54, 1.807) is 14.2 Å². The number of methoxy groups -OCH3 is 1. The van der Waals surface area contributed by atoms with E-state index in [4.69, 9.17) is 9.72 Å². The van der Waals surface area contributed by atoms with Crippen LogP contribution in [-0.4, -0.2) is 67.8 Å². The van der Waals surface area contributed by atoms with Crippen LogP contribution >= 0.6 is 0 Å². The number of nitrogens with zero attached hydrogens (tertiary/aromatic N) is 7. The molecule has 1 aromatic carbocycles.